The van der Waals surface area contributed by atoms with Crippen molar-refractivity contribution in [3.63, 3.8) is 0 Å². The minimum Gasteiger partial charge on any atom is -0.489 e. The van der Waals surface area contributed by atoms with E-state index in [1.807, 2.05) is 24.3 Å². The Hall–Kier alpha value is -2.00. The van der Waals surface area contributed by atoms with E-state index >= 15 is 0 Å². The SMILES string of the molecule is Cc1cc(OCc2ccccc2)ccc1NC1=NCCC1.Cl. The summed E-state index contributed by atoms with van der Waals surface area (Å²) in [5.74, 6) is 1.99. The van der Waals surface area contributed by atoms with Gasteiger partial charge in [-0.2, -0.15) is 0 Å². The second kappa shape index (κ2) is 7.85. The van der Waals surface area contributed by atoms with Gasteiger partial charge in [0.2, 0.25) is 0 Å². The van der Waals surface area contributed by atoms with Gasteiger partial charge in [-0.25, -0.2) is 0 Å². The lowest BCUT2D eigenvalue weighted by atomic mass is 10.2. The molecule has 0 aromatic heterocycles. The number of benzene rings is 2. The van der Waals surface area contributed by atoms with Crippen LogP contribution in [0.5, 0.6) is 5.75 Å². The van der Waals surface area contributed by atoms with Crippen LogP contribution >= 0.6 is 12.4 Å². The predicted octanol–water partition coefficient (Wildman–Crippen LogP) is 4.60. The van der Waals surface area contributed by atoms with Gasteiger partial charge in [-0.15, -0.1) is 12.4 Å². The zero-order chi connectivity index (χ0) is 14.5. The van der Waals surface area contributed by atoms with E-state index < -0.39 is 0 Å². The van der Waals surface area contributed by atoms with Gasteiger partial charge in [0.15, 0.2) is 0 Å². The van der Waals surface area contributed by atoms with Gasteiger partial charge in [-0.1, -0.05) is 30.3 Å². The summed E-state index contributed by atoms with van der Waals surface area (Å²) in [7, 11) is 0. The Bertz CT molecular complexity index is 641. The minimum atomic E-state index is 0. The molecule has 0 radical (unpaired) electrons. The van der Waals surface area contributed by atoms with Gasteiger partial charge in [-0.05, 0) is 42.7 Å². The lowest BCUT2D eigenvalue weighted by Crippen LogP contribution is -2.09. The number of rotatable bonds is 4. The zero-order valence-corrected chi connectivity index (χ0v) is 13.5. The molecule has 0 aliphatic carbocycles. The van der Waals surface area contributed by atoms with Crippen molar-refractivity contribution in [2.45, 2.75) is 26.4 Å². The van der Waals surface area contributed by atoms with Crippen molar-refractivity contribution >= 4 is 23.9 Å². The fourth-order valence-electron chi connectivity index (χ4n) is 2.40. The van der Waals surface area contributed by atoms with Crippen LogP contribution in [-0.2, 0) is 6.61 Å². The number of nitrogens with one attached hydrogen (secondary N) is 1. The first kappa shape index (κ1) is 16.4. The molecule has 0 amide bonds. The minimum absolute atomic E-state index is 0. The normalized spacial score (nSPS) is 13.2. The van der Waals surface area contributed by atoms with E-state index in [-0.39, 0.29) is 12.4 Å². The van der Waals surface area contributed by atoms with Gasteiger partial charge in [0.25, 0.3) is 0 Å². The van der Waals surface area contributed by atoms with Gasteiger partial charge in [0.05, 0.1) is 0 Å². The quantitative estimate of drug-likeness (QED) is 0.894. The van der Waals surface area contributed by atoms with Gasteiger partial charge < -0.3 is 10.1 Å². The molecule has 0 bridgehead atoms. The molecule has 0 unspecified atom stereocenters. The summed E-state index contributed by atoms with van der Waals surface area (Å²) in [4.78, 5) is 4.44. The summed E-state index contributed by atoms with van der Waals surface area (Å²) in [5.41, 5.74) is 3.47. The second-order valence-electron chi connectivity index (χ2n) is 5.31. The van der Waals surface area contributed by atoms with Gasteiger partial charge in [0.1, 0.15) is 18.2 Å². The largest absolute Gasteiger partial charge is 0.489 e. The van der Waals surface area contributed by atoms with Crippen molar-refractivity contribution in [3.05, 3.63) is 59.7 Å². The first-order chi connectivity index (χ1) is 10.3. The number of aliphatic imine (C=N–C) groups is 1. The van der Waals surface area contributed by atoms with Crippen LogP contribution < -0.4 is 10.1 Å². The molecule has 1 aliphatic heterocycles. The molecule has 0 spiro atoms. The summed E-state index contributed by atoms with van der Waals surface area (Å²) in [6.45, 7) is 3.63. The Morgan fingerprint density at radius 1 is 1.14 bits per heavy atom. The molecule has 4 heteroatoms. The number of ether oxygens (including phenoxy) is 1. The number of hydrogen-bond acceptors (Lipinski definition) is 3. The average molecular weight is 317 g/mol. The molecule has 0 fully saturated rings. The molecule has 1 N–H and O–H groups in total. The highest BCUT2D eigenvalue weighted by atomic mass is 35.5. The Labute approximate surface area is 137 Å². The van der Waals surface area contributed by atoms with Crippen LogP contribution in [-0.4, -0.2) is 12.4 Å². The lowest BCUT2D eigenvalue weighted by molar-refractivity contribution is 0.306. The molecular weight excluding hydrogens is 296 g/mol. The number of anilines is 1. The van der Waals surface area contributed by atoms with Crippen molar-refractivity contribution in [3.8, 4) is 5.75 Å². The van der Waals surface area contributed by atoms with Gasteiger partial charge in [-0.3, -0.25) is 4.99 Å². The molecule has 1 aliphatic rings. The first-order valence-electron chi connectivity index (χ1n) is 7.39. The third-order valence-corrected chi connectivity index (χ3v) is 3.60. The first-order valence-corrected chi connectivity index (χ1v) is 7.39. The number of hydrogen-bond donors (Lipinski definition) is 1. The maximum Gasteiger partial charge on any atom is 0.120 e. The summed E-state index contributed by atoms with van der Waals surface area (Å²) in [6.07, 6.45) is 2.20. The summed E-state index contributed by atoms with van der Waals surface area (Å²) < 4.78 is 5.84. The van der Waals surface area contributed by atoms with E-state index in [2.05, 4.69) is 41.5 Å². The van der Waals surface area contributed by atoms with Crippen molar-refractivity contribution in [1.82, 2.24) is 0 Å². The van der Waals surface area contributed by atoms with Crippen molar-refractivity contribution in [2.75, 3.05) is 11.9 Å². The highest BCUT2D eigenvalue weighted by molar-refractivity contribution is 5.97. The summed E-state index contributed by atoms with van der Waals surface area (Å²) >= 11 is 0. The number of amidine groups is 1. The Kier molecular flexibility index (Phi) is 5.84. The third kappa shape index (κ3) is 4.25. The topological polar surface area (TPSA) is 33.6 Å². The van der Waals surface area contributed by atoms with Crippen molar-refractivity contribution < 1.29 is 4.74 Å². The van der Waals surface area contributed by atoms with E-state index in [1.54, 1.807) is 0 Å². The fraction of sp³-hybridized carbons (Fsp3) is 0.278. The van der Waals surface area contributed by atoms with E-state index in [4.69, 9.17) is 4.74 Å². The third-order valence-electron chi connectivity index (χ3n) is 3.60. The number of nitrogens with zero attached hydrogens (tertiary/aromatic N) is 1. The predicted molar refractivity (Wildman–Crippen MR) is 94.4 cm³/mol. The van der Waals surface area contributed by atoms with Crippen molar-refractivity contribution in [1.29, 1.82) is 0 Å². The molecule has 2 aromatic rings. The Balaban J connectivity index is 0.00000176. The van der Waals surface area contributed by atoms with E-state index in [0.717, 1.165) is 36.7 Å². The van der Waals surface area contributed by atoms with Crippen LogP contribution in [0.25, 0.3) is 0 Å². The van der Waals surface area contributed by atoms with Crippen LogP contribution in [0.2, 0.25) is 0 Å². The van der Waals surface area contributed by atoms with Crippen LogP contribution in [0.1, 0.15) is 24.0 Å². The Morgan fingerprint density at radius 2 is 1.95 bits per heavy atom. The molecule has 0 saturated carbocycles. The maximum atomic E-state index is 5.84. The monoisotopic (exact) mass is 316 g/mol. The molecule has 3 nitrogen and oxygen atoms in total. The number of halogens is 1. The average Bonchev–Trinajstić information content (AvgIpc) is 3.02. The Morgan fingerprint density at radius 3 is 2.64 bits per heavy atom. The smallest absolute Gasteiger partial charge is 0.120 e. The maximum absolute atomic E-state index is 5.84. The van der Waals surface area contributed by atoms with E-state index in [9.17, 15) is 0 Å². The number of aryl methyl sites for hydroxylation is 1. The molecule has 2 aromatic carbocycles. The van der Waals surface area contributed by atoms with Crippen molar-refractivity contribution in [2.24, 2.45) is 4.99 Å². The molecule has 0 saturated heterocycles. The highest BCUT2D eigenvalue weighted by Crippen LogP contribution is 2.23. The molecular formula is C18H21ClN2O. The molecule has 116 valence electrons. The molecule has 3 rings (SSSR count). The summed E-state index contributed by atoms with van der Waals surface area (Å²) in [5, 5.41) is 3.40. The molecule has 22 heavy (non-hydrogen) atoms. The van der Waals surface area contributed by atoms with Crippen LogP contribution in [0.15, 0.2) is 53.5 Å². The fourth-order valence-corrected chi connectivity index (χ4v) is 2.40. The lowest BCUT2D eigenvalue weighted by Gasteiger charge is -2.12. The standard InChI is InChI=1S/C18H20N2O.ClH/c1-14-12-16(21-13-15-6-3-2-4-7-15)9-10-17(14)20-18-8-5-11-19-18;/h2-4,6-7,9-10,12H,5,8,11,13H2,1H3,(H,19,20);1H. The van der Waals surface area contributed by atoms with E-state index in [0.29, 0.717) is 6.61 Å². The highest BCUT2D eigenvalue weighted by Gasteiger charge is 2.08. The van der Waals surface area contributed by atoms with Gasteiger partial charge >= 0.3 is 0 Å². The molecule has 0 atom stereocenters. The van der Waals surface area contributed by atoms with Gasteiger partial charge in [0, 0.05) is 18.7 Å². The van der Waals surface area contributed by atoms with Crippen LogP contribution in [0.3, 0.4) is 0 Å². The summed E-state index contributed by atoms with van der Waals surface area (Å²) in [6, 6.07) is 16.4. The zero-order valence-electron chi connectivity index (χ0n) is 12.7. The second-order valence-corrected chi connectivity index (χ2v) is 5.31. The van der Waals surface area contributed by atoms with Crippen LogP contribution in [0.4, 0.5) is 5.69 Å². The van der Waals surface area contributed by atoms with E-state index in [1.165, 1.54) is 11.1 Å². The van der Waals surface area contributed by atoms with Crippen LogP contribution in [0, 0.1) is 6.92 Å². The molecule has 1 heterocycles.